The zero-order valence-electron chi connectivity index (χ0n) is 10.9. The van der Waals surface area contributed by atoms with Gasteiger partial charge in [-0.05, 0) is 12.3 Å². The molecule has 19 heavy (non-hydrogen) atoms. The average Bonchev–Trinajstić information content (AvgIpc) is 2.41. The lowest BCUT2D eigenvalue weighted by molar-refractivity contribution is -0.131. The van der Waals surface area contributed by atoms with Gasteiger partial charge in [-0.15, -0.1) is 0 Å². The molecule has 0 aliphatic heterocycles. The van der Waals surface area contributed by atoms with Crippen molar-refractivity contribution in [2.45, 2.75) is 44.9 Å². The van der Waals surface area contributed by atoms with Gasteiger partial charge >= 0.3 is 5.97 Å². The molecule has 1 aliphatic rings. The second kappa shape index (κ2) is 8.29. The largest absolute Gasteiger partial charge is 0.478 e. The highest BCUT2D eigenvalue weighted by Crippen LogP contribution is 2.26. The number of rotatable bonds is 5. The third-order valence-corrected chi connectivity index (χ3v) is 3.21. The van der Waals surface area contributed by atoms with Crippen LogP contribution in [0.25, 0.3) is 0 Å². The van der Waals surface area contributed by atoms with Crippen LogP contribution in [0.3, 0.4) is 0 Å². The normalized spacial score (nSPS) is 16.2. The van der Waals surface area contributed by atoms with Crippen LogP contribution in [0.4, 0.5) is 0 Å². The number of hydrogen-bond donors (Lipinski definition) is 3. The Balaban J connectivity index is 2.13. The molecule has 1 fully saturated rings. The number of carboxylic acid groups (broad SMARTS) is 1. The molecule has 0 spiro atoms. The van der Waals surface area contributed by atoms with Gasteiger partial charge in [0.1, 0.15) is 0 Å². The van der Waals surface area contributed by atoms with Crippen molar-refractivity contribution in [1.29, 1.82) is 0 Å². The van der Waals surface area contributed by atoms with Gasteiger partial charge in [0, 0.05) is 18.6 Å². The van der Waals surface area contributed by atoms with E-state index in [1.165, 1.54) is 32.1 Å². The van der Waals surface area contributed by atoms with Crippen LogP contribution in [-0.4, -0.2) is 22.9 Å². The molecule has 6 heteroatoms. The predicted octanol–water partition coefficient (Wildman–Crippen LogP) is 1.14. The van der Waals surface area contributed by atoms with Crippen LogP contribution in [0.1, 0.15) is 44.9 Å². The molecule has 6 nitrogen and oxygen atoms in total. The van der Waals surface area contributed by atoms with Gasteiger partial charge in [-0.3, -0.25) is 20.4 Å². The highest BCUT2D eigenvalue weighted by Gasteiger charge is 2.14. The number of aliphatic carboxylic acids is 1. The summed E-state index contributed by atoms with van der Waals surface area (Å²) in [5.74, 6) is -1.50. The van der Waals surface area contributed by atoms with Crippen molar-refractivity contribution in [3.05, 3.63) is 12.2 Å². The Labute approximate surface area is 112 Å². The van der Waals surface area contributed by atoms with Crippen LogP contribution in [0.2, 0.25) is 0 Å². The summed E-state index contributed by atoms with van der Waals surface area (Å²) in [6.07, 6.45) is 8.91. The van der Waals surface area contributed by atoms with Gasteiger partial charge in [-0.1, -0.05) is 32.1 Å². The van der Waals surface area contributed by atoms with E-state index in [9.17, 15) is 14.4 Å². The fraction of sp³-hybridized carbons (Fsp3) is 0.615. The lowest BCUT2D eigenvalue weighted by atomic mass is 9.86. The average molecular weight is 268 g/mol. The molecule has 0 aromatic rings. The van der Waals surface area contributed by atoms with Crippen molar-refractivity contribution < 1.29 is 19.5 Å². The molecule has 3 N–H and O–H groups in total. The summed E-state index contributed by atoms with van der Waals surface area (Å²) < 4.78 is 0. The van der Waals surface area contributed by atoms with Crippen molar-refractivity contribution in [2.75, 3.05) is 0 Å². The molecule has 0 bridgehead atoms. The molecule has 2 amide bonds. The Kier molecular flexibility index (Phi) is 6.63. The molecule has 106 valence electrons. The van der Waals surface area contributed by atoms with Gasteiger partial charge in [-0.2, -0.15) is 0 Å². The summed E-state index contributed by atoms with van der Waals surface area (Å²) >= 11 is 0. The minimum absolute atomic E-state index is 0.248. The summed E-state index contributed by atoms with van der Waals surface area (Å²) in [4.78, 5) is 32.7. The molecule has 0 aromatic carbocycles. The van der Waals surface area contributed by atoms with Gasteiger partial charge in [0.15, 0.2) is 0 Å². The molecule has 1 saturated carbocycles. The van der Waals surface area contributed by atoms with Crippen LogP contribution in [0.15, 0.2) is 12.2 Å². The first kappa shape index (κ1) is 15.2. The maximum absolute atomic E-state index is 11.5. The second-order valence-corrected chi connectivity index (χ2v) is 4.75. The van der Waals surface area contributed by atoms with Crippen molar-refractivity contribution in [3.8, 4) is 0 Å². The highest BCUT2D eigenvalue weighted by atomic mass is 16.4. The first-order valence-electron chi connectivity index (χ1n) is 6.57. The number of carbonyl (C=O) groups is 3. The number of carboxylic acids is 1. The number of amides is 2. The number of carbonyl (C=O) groups excluding carboxylic acids is 2. The van der Waals surface area contributed by atoms with Gasteiger partial charge in [0.2, 0.25) is 5.91 Å². The Bertz CT molecular complexity index is 360. The van der Waals surface area contributed by atoms with E-state index in [2.05, 4.69) is 10.9 Å². The quantitative estimate of drug-likeness (QED) is 0.514. The van der Waals surface area contributed by atoms with E-state index in [0.717, 1.165) is 12.5 Å². The van der Waals surface area contributed by atoms with E-state index < -0.39 is 11.9 Å². The first-order chi connectivity index (χ1) is 9.08. The summed E-state index contributed by atoms with van der Waals surface area (Å²) in [6.45, 7) is 0. The van der Waals surface area contributed by atoms with Gasteiger partial charge in [0.25, 0.3) is 5.91 Å². The summed E-state index contributed by atoms with van der Waals surface area (Å²) in [7, 11) is 0. The molecular weight excluding hydrogens is 248 g/mol. The zero-order chi connectivity index (χ0) is 14.1. The molecular formula is C13H20N2O4. The smallest absolute Gasteiger partial charge is 0.328 e. The minimum Gasteiger partial charge on any atom is -0.478 e. The summed E-state index contributed by atoms with van der Waals surface area (Å²) in [5.41, 5.74) is 4.40. The molecule has 0 saturated heterocycles. The van der Waals surface area contributed by atoms with E-state index in [1.54, 1.807) is 0 Å². The monoisotopic (exact) mass is 268 g/mol. The molecule has 0 unspecified atom stereocenters. The Morgan fingerprint density at radius 2 is 1.74 bits per heavy atom. The molecule has 0 heterocycles. The molecule has 0 atom stereocenters. The highest BCUT2D eigenvalue weighted by molar-refractivity contribution is 5.94. The molecule has 1 aliphatic carbocycles. The van der Waals surface area contributed by atoms with Crippen LogP contribution in [0.5, 0.6) is 0 Å². The molecule has 0 aromatic heterocycles. The van der Waals surface area contributed by atoms with Crippen molar-refractivity contribution >= 4 is 17.8 Å². The second-order valence-electron chi connectivity index (χ2n) is 4.75. The maximum atomic E-state index is 11.5. The predicted molar refractivity (Wildman–Crippen MR) is 68.9 cm³/mol. The molecule has 1 rings (SSSR count). The molecule has 0 radical (unpaired) electrons. The van der Waals surface area contributed by atoms with E-state index >= 15 is 0 Å². The van der Waals surface area contributed by atoms with E-state index in [1.807, 2.05) is 0 Å². The van der Waals surface area contributed by atoms with Gasteiger partial charge < -0.3 is 5.11 Å². The third-order valence-electron chi connectivity index (χ3n) is 3.21. The van der Waals surface area contributed by atoms with E-state index in [4.69, 9.17) is 5.11 Å². The fourth-order valence-corrected chi connectivity index (χ4v) is 2.19. The van der Waals surface area contributed by atoms with Gasteiger partial charge in [-0.25, -0.2) is 4.79 Å². The van der Waals surface area contributed by atoms with Gasteiger partial charge in [0.05, 0.1) is 0 Å². The lowest BCUT2D eigenvalue weighted by Crippen LogP contribution is -2.40. The maximum Gasteiger partial charge on any atom is 0.328 e. The van der Waals surface area contributed by atoms with E-state index in [-0.39, 0.29) is 5.91 Å². The Morgan fingerprint density at radius 3 is 2.37 bits per heavy atom. The number of hydrazine groups is 1. The minimum atomic E-state index is -1.21. The van der Waals surface area contributed by atoms with Crippen molar-refractivity contribution in [2.24, 2.45) is 5.92 Å². The Hall–Kier alpha value is -1.85. The third kappa shape index (κ3) is 7.23. The SMILES string of the molecule is O=C(O)C=CC(=O)NNC(=O)CCC1CCCCC1. The fourth-order valence-electron chi connectivity index (χ4n) is 2.19. The number of nitrogens with one attached hydrogen (secondary N) is 2. The summed E-state index contributed by atoms with van der Waals surface area (Å²) in [5, 5.41) is 8.31. The van der Waals surface area contributed by atoms with Crippen LogP contribution >= 0.6 is 0 Å². The zero-order valence-corrected chi connectivity index (χ0v) is 10.9. The lowest BCUT2D eigenvalue weighted by Gasteiger charge is -2.20. The van der Waals surface area contributed by atoms with Crippen LogP contribution < -0.4 is 10.9 Å². The topological polar surface area (TPSA) is 95.5 Å². The first-order valence-corrected chi connectivity index (χ1v) is 6.57. The van der Waals surface area contributed by atoms with E-state index in [0.29, 0.717) is 18.4 Å². The Morgan fingerprint density at radius 1 is 1.05 bits per heavy atom. The van der Waals surface area contributed by atoms with Crippen molar-refractivity contribution in [3.63, 3.8) is 0 Å². The van der Waals surface area contributed by atoms with Crippen molar-refractivity contribution in [1.82, 2.24) is 10.9 Å². The van der Waals surface area contributed by atoms with Crippen LogP contribution in [-0.2, 0) is 14.4 Å². The van der Waals surface area contributed by atoms with Crippen LogP contribution in [0, 0.1) is 5.92 Å². The number of hydrogen-bond acceptors (Lipinski definition) is 3. The summed E-state index contributed by atoms with van der Waals surface area (Å²) in [6, 6.07) is 0. The standard InChI is InChI=1S/C13H20N2O4/c16-11(7-6-10-4-2-1-3-5-10)14-15-12(17)8-9-13(18)19/h8-10H,1-7H2,(H,14,16)(H,15,17)(H,18,19).